The lowest BCUT2D eigenvalue weighted by Gasteiger charge is -2.34. The number of hydrogen-bond acceptors (Lipinski definition) is 7. The molecule has 0 aliphatic carbocycles. The predicted octanol–water partition coefficient (Wildman–Crippen LogP) is 4.16. The predicted molar refractivity (Wildman–Crippen MR) is 133 cm³/mol. The molecule has 2 atom stereocenters. The first-order valence-electron chi connectivity index (χ1n) is 11.7. The first-order chi connectivity index (χ1) is 17.3. The molecule has 3 aliphatic rings. The number of hydrogen-bond donors (Lipinski definition) is 1. The topological polar surface area (TPSA) is 99.4 Å². The van der Waals surface area contributed by atoms with Gasteiger partial charge in [0, 0.05) is 23.2 Å². The van der Waals surface area contributed by atoms with Crippen molar-refractivity contribution in [3.8, 4) is 23.0 Å². The zero-order valence-corrected chi connectivity index (χ0v) is 20.7. The van der Waals surface area contributed by atoms with Crippen molar-refractivity contribution in [3.63, 3.8) is 0 Å². The van der Waals surface area contributed by atoms with E-state index in [0.29, 0.717) is 40.3 Å². The molecule has 0 saturated carbocycles. The lowest BCUT2D eigenvalue weighted by molar-refractivity contribution is 0.171. The maximum atomic E-state index is 13.4. The van der Waals surface area contributed by atoms with Crippen LogP contribution >= 0.6 is 0 Å². The van der Waals surface area contributed by atoms with Crippen molar-refractivity contribution in [2.45, 2.75) is 38.3 Å². The number of ether oxygens (including phenoxy) is 4. The summed E-state index contributed by atoms with van der Waals surface area (Å²) in [4.78, 5) is 20.0. The largest absolute Gasteiger partial charge is 0.497 e. The van der Waals surface area contributed by atoms with Gasteiger partial charge in [-0.3, -0.25) is 10.2 Å². The highest BCUT2D eigenvalue weighted by atomic mass is 16.7. The van der Waals surface area contributed by atoms with Crippen LogP contribution in [-0.2, 0) is 5.54 Å². The minimum absolute atomic E-state index is 0.124. The maximum Gasteiger partial charge on any atom is 0.328 e. The summed E-state index contributed by atoms with van der Waals surface area (Å²) >= 11 is 0. The second kappa shape index (κ2) is 7.91. The second-order valence-corrected chi connectivity index (χ2v) is 9.88. The zero-order chi connectivity index (χ0) is 25.2. The minimum atomic E-state index is -0.445. The van der Waals surface area contributed by atoms with Gasteiger partial charge in [0.05, 0.1) is 26.0 Å². The Morgan fingerprint density at radius 1 is 1.11 bits per heavy atom. The number of nitrogens with one attached hydrogen (secondary N) is 1. The average Bonchev–Trinajstić information content (AvgIpc) is 3.57. The van der Waals surface area contributed by atoms with Crippen LogP contribution < -0.4 is 29.2 Å². The summed E-state index contributed by atoms with van der Waals surface area (Å²) in [5.41, 5.74) is 2.19. The van der Waals surface area contributed by atoms with E-state index in [2.05, 4.69) is 26.1 Å². The van der Waals surface area contributed by atoms with E-state index in [0.717, 1.165) is 11.1 Å². The molecule has 1 aromatic heterocycles. The lowest BCUT2D eigenvalue weighted by Crippen LogP contribution is -2.42. The van der Waals surface area contributed by atoms with E-state index >= 15 is 0 Å². The highest BCUT2D eigenvalue weighted by molar-refractivity contribution is 6.18. The molecule has 6 rings (SSSR count). The standard InChI is InChI=1S/C26H27N5O5/c1-26(2,3)31-24-17(12-27-31)20(14-9-18(34-5)22-19(10-14)35-13-36-22)21-23(28-24)29-25(32)30(21)15-7-6-8-16(11-15)33-4/h6-12,20-21H,13H2,1-5H3,(H,28,29,32)/t20-,21-/m0/s1. The van der Waals surface area contributed by atoms with Crippen LogP contribution in [0.2, 0.25) is 0 Å². The smallest absolute Gasteiger partial charge is 0.328 e. The average molecular weight is 490 g/mol. The molecule has 0 radical (unpaired) electrons. The molecule has 36 heavy (non-hydrogen) atoms. The Morgan fingerprint density at radius 3 is 2.69 bits per heavy atom. The van der Waals surface area contributed by atoms with Crippen molar-refractivity contribution in [2.24, 2.45) is 4.99 Å². The van der Waals surface area contributed by atoms with E-state index in [1.165, 1.54) is 0 Å². The number of fused-ring (bicyclic) bond motifs is 3. The molecule has 186 valence electrons. The summed E-state index contributed by atoms with van der Waals surface area (Å²) < 4.78 is 24.3. The lowest BCUT2D eigenvalue weighted by atomic mass is 9.83. The number of rotatable bonds is 4. The van der Waals surface area contributed by atoms with Gasteiger partial charge in [0.1, 0.15) is 17.6 Å². The van der Waals surface area contributed by atoms with E-state index in [1.807, 2.05) is 47.3 Å². The number of carbonyl (C=O) groups excluding carboxylic acids is 1. The number of amidine groups is 1. The van der Waals surface area contributed by atoms with Crippen LogP contribution in [0.4, 0.5) is 16.3 Å². The number of benzene rings is 2. The second-order valence-electron chi connectivity index (χ2n) is 9.88. The van der Waals surface area contributed by atoms with Crippen LogP contribution in [0.3, 0.4) is 0 Å². The van der Waals surface area contributed by atoms with Gasteiger partial charge in [0.2, 0.25) is 12.5 Å². The molecule has 0 unspecified atom stereocenters. The van der Waals surface area contributed by atoms with Gasteiger partial charge in [0.25, 0.3) is 0 Å². The Hall–Kier alpha value is -4.21. The van der Waals surface area contributed by atoms with Crippen LogP contribution in [0, 0.1) is 0 Å². The molecule has 2 amide bonds. The van der Waals surface area contributed by atoms with Gasteiger partial charge in [-0.2, -0.15) is 5.10 Å². The fraction of sp³-hybridized carbons (Fsp3) is 0.346. The quantitative estimate of drug-likeness (QED) is 0.591. The van der Waals surface area contributed by atoms with Gasteiger partial charge in [-0.05, 0) is 50.6 Å². The van der Waals surface area contributed by atoms with Crippen molar-refractivity contribution in [1.29, 1.82) is 0 Å². The first-order valence-corrected chi connectivity index (χ1v) is 11.7. The van der Waals surface area contributed by atoms with Crippen molar-refractivity contribution in [3.05, 3.63) is 53.7 Å². The number of carbonyl (C=O) groups is 1. The SMILES string of the molecule is COc1cccc(N2C(=O)NC3=Nc4c(cnn4C(C)(C)C)[C@H](c4cc(OC)c5c(c4)OCO5)[C@@H]32)c1. The molecule has 10 nitrogen and oxygen atoms in total. The van der Waals surface area contributed by atoms with Gasteiger partial charge in [-0.15, -0.1) is 0 Å². The molecule has 1 saturated heterocycles. The molecule has 2 aromatic carbocycles. The number of nitrogens with zero attached hydrogens (tertiary/aromatic N) is 4. The van der Waals surface area contributed by atoms with E-state index in [9.17, 15) is 4.79 Å². The summed E-state index contributed by atoms with van der Waals surface area (Å²) in [6.45, 7) is 6.34. The molecule has 4 heterocycles. The van der Waals surface area contributed by atoms with Crippen LogP contribution in [-0.4, -0.2) is 48.7 Å². The molecule has 3 aromatic rings. The van der Waals surface area contributed by atoms with Crippen molar-refractivity contribution >= 4 is 23.4 Å². The van der Waals surface area contributed by atoms with E-state index in [1.54, 1.807) is 19.1 Å². The van der Waals surface area contributed by atoms with Crippen LogP contribution in [0.5, 0.6) is 23.0 Å². The molecule has 0 spiro atoms. The van der Waals surface area contributed by atoms with Crippen LogP contribution in [0.1, 0.15) is 37.8 Å². The number of anilines is 1. The van der Waals surface area contributed by atoms with Gasteiger partial charge >= 0.3 is 6.03 Å². The summed E-state index contributed by atoms with van der Waals surface area (Å²) in [5.74, 6) is 3.36. The number of aromatic nitrogens is 2. The fourth-order valence-corrected chi connectivity index (χ4v) is 5.08. The highest BCUT2D eigenvalue weighted by Crippen LogP contribution is 2.49. The Morgan fingerprint density at radius 2 is 1.94 bits per heavy atom. The summed E-state index contributed by atoms with van der Waals surface area (Å²) in [6.07, 6.45) is 1.84. The number of amides is 2. The molecule has 1 N–H and O–H groups in total. The van der Waals surface area contributed by atoms with Crippen molar-refractivity contribution in [2.75, 3.05) is 25.9 Å². The highest BCUT2D eigenvalue weighted by Gasteiger charge is 2.49. The molecular weight excluding hydrogens is 462 g/mol. The summed E-state index contributed by atoms with van der Waals surface area (Å²) in [5, 5.41) is 7.70. The Kier molecular flexibility index (Phi) is 4.89. The van der Waals surface area contributed by atoms with Gasteiger partial charge < -0.3 is 18.9 Å². The first kappa shape index (κ1) is 22.3. The molecule has 10 heteroatoms. The molecule has 1 fully saturated rings. The number of methoxy groups -OCH3 is 2. The Balaban J connectivity index is 1.57. The van der Waals surface area contributed by atoms with Crippen molar-refractivity contribution in [1.82, 2.24) is 15.1 Å². The molecule has 0 bridgehead atoms. The number of urea groups is 1. The van der Waals surface area contributed by atoms with Gasteiger partial charge in [0.15, 0.2) is 17.3 Å². The third kappa shape index (κ3) is 3.28. The Labute approximate surface area is 208 Å². The maximum absolute atomic E-state index is 13.4. The van der Waals surface area contributed by atoms with Crippen LogP contribution in [0.15, 0.2) is 47.6 Å². The number of aliphatic imine (C=N–C) groups is 1. The van der Waals surface area contributed by atoms with E-state index < -0.39 is 6.04 Å². The van der Waals surface area contributed by atoms with Gasteiger partial charge in [-0.25, -0.2) is 14.5 Å². The fourth-order valence-electron chi connectivity index (χ4n) is 5.08. The summed E-state index contributed by atoms with van der Waals surface area (Å²) in [6, 6.07) is 10.6. The minimum Gasteiger partial charge on any atom is -0.497 e. The molecule has 3 aliphatic heterocycles. The third-order valence-electron chi connectivity index (χ3n) is 6.67. The zero-order valence-electron chi connectivity index (χ0n) is 20.7. The molecular formula is C26H27N5O5. The van der Waals surface area contributed by atoms with Gasteiger partial charge in [-0.1, -0.05) is 6.07 Å². The normalized spacial score (nSPS) is 20.0. The monoisotopic (exact) mass is 489 g/mol. The Bertz CT molecular complexity index is 1410. The third-order valence-corrected chi connectivity index (χ3v) is 6.67. The van der Waals surface area contributed by atoms with Crippen LogP contribution in [0.25, 0.3) is 0 Å². The van der Waals surface area contributed by atoms with E-state index in [4.69, 9.17) is 29.0 Å². The van der Waals surface area contributed by atoms with Crippen molar-refractivity contribution < 1.29 is 23.7 Å². The van der Waals surface area contributed by atoms with E-state index in [-0.39, 0.29) is 24.3 Å². The summed E-state index contributed by atoms with van der Waals surface area (Å²) in [7, 11) is 3.20.